The summed E-state index contributed by atoms with van der Waals surface area (Å²) in [6.45, 7) is 1.86. The first-order valence-corrected chi connectivity index (χ1v) is 7.32. The van der Waals surface area contributed by atoms with Crippen LogP contribution in [0.5, 0.6) is 5.75 Å². The Morgan fingerprint density at radius 1 is 1.13 bits per heavy atom. The first kappa shape index (κ1) is 15.2. The van der Waals surface area contributed by atoms with Crippen LogP contribution >= 0.6 is 11.6 Å². The van der Waals surface area contributed by atoms with Crippen molar-refractivity contribution in [2.75, 3.05) is 12.4 Å². The number of rotatable bonds is 3. The summed E-state index contributed by atoms with van der Waals surface area (Å²) >= 11 is 6.08. The molecular weight excluding hydrogens is 314 g/mol. The number of nitrogens with one attached hydrogen (secondary N) is 1. The molecule has 0 aliphatic rings. The van der Waals surface area contributed by atoms with Gasteiger partial charge in [0.25, 0.3) is 5.91 Å². The van der Waals surface area contributed by atoms with Crippen molar-refractivity contribution in [1.29, 1.82) is 0 Å². The van der Waals surface area contributed by atoms with E-state index in [0.29, 0.717) is 27.5 Å². The number of fused-ring (bicyclic) bond motifs is 1. The van der Waals surface area contributed by atoms with Crippen LogP contribution in [0.4, 0.5) is 5.69 Å². The van der Waals surface area contributed by atoms with Crippen molar-refractivity contribution in [2.45, 2.75) is 6.92 Å². The van der Waals surface area contributed by atoms with E-state index in [1.165, 1.54) is 7.11 Å². The van der Waals surface area contributed by atoms with Crippen molar-refractivity contribution in [2.24, 2.45) is 0 Å². The maximum atomic E-state index is 12.5. The third kappa shape index (κ3) is 3.10. The molecule has 0 saturated carbocycles. The molecule has 1 heterocycles. The Hall–Kier alpha value is -2.66. The average molecular weight is 328 g/mol. The summed E-state index contributed by atoms with van der Waals surface area (Å²) < 4.78 is 5.27. The standard InChI is InChI=1S/C17H14ClN3O2/c1-10-7-15(16(23-2)9-12(10)18)21-17(22)11-3-4-13-14(8-11)20-6-5-19-13/h3-9H,1-2H3,(H,21,22). The molecule has 0 bridgehead atoms. The quantitative estimate of drug-likeness (QED) is 0.793. The van der Waals surface area contributed by atoms with Gasteiger partial charge in [-0.2, -0.15) is 0 Å². The van der Waals surface area contributed by atoms with E-state index < -0.39 is 0 Å². The third-order valence-electron chi connectivity index (χ3n) is 3.46. The van der Waals surface area contributed by atoms with Gasteiger partial charge in [0.1, 0.15) is 5.75 Å². The molecule has 0 radical (unpaired) electrons. The van der Waals surface area contributed by atoms with Crippen molar-refractivity contribution in [3.8, 4) is 5.75 Å². The fraction of sp³-hybridized carbons (Fsp3) is 0.118. The molecule has 0 saturated heterocycles. The number of amides is 1. The van der Waals surface area contributed by atoms with E-state index in [1.54, 1.807) is 42.7 Å². The molecular formula is C17H14ClN3O2. The van der Waals surface area contributed by atoms with Crippen LogP contribution in [0.1, 0.15) is 15.9 Å². The van der Waals surface area contributed by atoms with Crippen LogP contribution in [0.25, 0.3) is 11.0 Å². The average Bonchev–Trinajstić information content (AvgIpc) is 2.57. The summed E-state index contributed by atoms with van der Waals surface area (Å²) in [6, 6.07) is 8.63. The van der Waals surface area contributed by atoms with E-state index in [-0.39, 0.29) is 5.91 Å². The molecule has 23 heavy (non-hydrogen) atoms. The molecule has 0 aliphatic carbocycles. The second-order valence-electron chi connectivity index (χ2n) is 5.02. The number of carbonyl (C=O) groups is 1. The summed E-state index contributed by atoms with van der Waals surface area (Å²) in [4.78, 5) is 20.9. The number of anilines is 1. The van der Waals surface area contributed by atoms with Crippen LogP contribution in [-0.4, -0.2) is 23.0 Å². The number of nitrogens with zero attached hydrogens (tertiary/aromatic N) is 2. The van der Waals surface area contributed by atoms with Crippen LogP contribution in [0.3, 0.4) is 0 Å². The van der Waals surface area contributed by atoms with Gasteiger partial charge < -0.3 is 10.1 Å². The smallest absolute Gasteiger partial charge is 0.255 e. The molecule has 0 spiro atoms. The lowest BCUT2D eigenvalue weighted by Gasteiger charge is -2.12. The molecule has 116 valence electrons. The molecule has 1 amide bonds. The predicted molar refractivity (Wildman–Crippen MR) is 90.2 cm³/mol. The highest BCUT2D eigenvalue weighted by Crippen LogP contribution is 2.31. The SMILES string of the molecule is COc1cc(Cl)c(C)cc1NC(=O)c1ccc2nccnc2c1. The lowest BCUT2D eigenvalue weighted by atomic mass is 10.1. The molecule has 3 rings (SSSR count). The molecule has 0 fully saturated rings. The molecule has 0 atom stereocenters. The summed E-state index contributed by atoms with van der Waals surface area (Å²) in [6.07, 6.45) is 3.21. The molecule has 5 nitrogen and oxygen atoms in total. The Kier molecular flexibility index (Phi) is 4.12. The Balaban J connectivity index is 1.93. The van der Waals surface area contributed by atoms with E-state index in [1.807, 2.05) is 6.92 Å². The van der Waals surface area contributed by atoms with Gasteiger partial charge in [-0.1, -0.05) is 11.6 Å². The van der Waals surface area contributed by atoms with Crippen LogP contribution in [0.2, 0.25) is 5.02 Å². The van der Waals surface area contributed by atoms with Gasteiger partial charge >= 0.3 is 0 Å². The van der Waals surface area contributed by atoms with Gasteiger partial charge in [-0.25, -0.2) is 0 Å². The summed E-state index contributed by atoms with van der Waals surface area (Å²) in [7, 11) is 1.53. The molecule has 0 aliphatic heterocycles. The molecule has 0 unspecified atom stereocenters. The predicted octanol–water partition coefficient (Wildman–Crippen LogP) is 3.85. The van der Waals surface area contributed by atoms with Gasteiger partial charge in [-0.05, 0) is 36.8 Å². The van der Waals surface area contributed by atoms with Crippen LogP contribution < -0.4 is 10.1 Å². The number of ether oxygens (including phenoxy) is 1. The third-order valence-corrected chi connectivity index (χ3v) is 3.87. The Morgan fingerprint density at radius 2 is 1.87 bits per heavy atom. The number of carbonyl (C=O) groups excluding carboxylic acids is 1. The van der Waals surface area contributed by atoms with Gasteiger partial charge in [0.15, 0.2) is 0 Å². The van der Waals surface area contributed by atoms with Crippen LogP contribution in [0.15, 0.2) is 42.7 Å². The van der Waals surface area contributed by atoms with Gasteiger partial charge in [0, 0.05) is 29.0 Å². The number of aryl methyl sites for hydroxylation is 1. The van der Waals surface area contributed by atoms with Gasteiger partial charge in [-0.3, -0.25) is 14.8 Å². The number of benzene rings is 2. The second kappa shape index (κ2) is 6.22. The highest BCUT2D eigenvalue weighted by molar-refractivity contribution is 6.31. The zero-order chi connectivity index (χ0) is 16.4. The van der Waals surface area contributed by atoms with E-state index in [4.69, 9.17) is 16.3 Å². The maximum Gasteiger partial charge on any atom is 0.255 e. The lowest BCUT2D eigenvalue weighted by molar-refractivity contribution is 0.102. The monoisotopic (exact) mass is 327 g/mol. The van der Waals surface area contributed by atoms with Crippen molar-refractivity contribution in [1.82, 2.24) is 9.97 Å². The number of hydrogen-bond donors (Lipinski definition) is 1. The number of methoxy groups -OCH3 is 1. The number of hydrogen-bond acceptors (Lipinski definition) is 4. The highest BCUT2D eigenvalue weighted by atomic mass is 35.5. The second-order valence-corrected chi connectivity index (χ2v) is 5.42. The van der Waals surface area contributed by atoms with Gasteiger partial charge in [-0.15, -0.1) is 0 Å². The van der Waals surface area contributed by atoms with Crippen molar-refractivity contribution in [3.63, 3.8) is 0 Å². The van der Waals surface area contributed by atoms with Crippen molar-refractivity contribution in [3.05, 3.63) is 58.9 Å². The Morgan fingerprint density at radius 3 is 2.61 bits per heavy atom. The van der Waals surface area contributed by atoms with Crippen LogP contribution in [-0.2, 0) is 0 Å². The summed E-state index contributed by atoms with van der Waals surface area (Å²) in [5.74, 6) is 0.257. The molecule has 2 aromatic carbocycles. The fourth-order valence-corrected chi connectivity index (χ4v) is 2.38. The topological polar surface area (TPSA) is 64.1 Å². The number of aromatic nitrogens is 2. The molecule has 1 aromatic heterocycles. The lowest BCUT2D eigenvalue weighted by Crippen LogP contribution is -2.13. The van der Waals surface area contributed by atoms with E-state index >= 15 is 0 Å². The van der Waals surface area contributed by atoms with Gasteiger partial charge in [0.05, 0.1) is 23.8 Å². The zero-order valence-corrected chi connectivity index (χ0v) is 13.4. The van der Waals surface area contributed by atoms with E-state index in [0.717, 1.165) is 11.1 Å². The minimum Gasteiger partial charge on any atom is -0.495 e. The number of halogens is 1. The minimum absolute atomic E-state index is 0.252. The van der Waals surface area contributed by atoms with Crippen molar-refractivity contribution < 1.29 is 9.53 Å². The minimum atomic E-state index is -0.252. The van der Waals surface area contributed by atoms with E-state index in [9.17, 15) is 4.79 Å². The van der Waals surface area contributed by atoms with Crippen LogP contribution in [0, 0.1) is 6.92 Å². The first-order valence-electron chi connectivity index (χ1n) is 6.95. The van der Waals surface area contributed by atoms with Crippen molar-refractivity contribution >= 4 is 34.2 Å². The summed E-state index contributed by atoms with van der Waals surface area (Å²) in [5, 5.41) is 3.42. The largest absolute Gasteiger partial charge is 0.495 e. The van der Waals surface area contributed by atoms with Gasteiger partial charge in [0.2, 0.25) is 0 Å². The first-order chi connectivity index (χ1) is 11.1. The Bertz CT molecular complexity index is 896. The fourth-order valence-electron chi connectivity index (χ4n) is 2.23. The Labute approximate surface area is 138 Å². The molecule has 3 aromatic rings. The highest BCUT2D eigenvalue weighted by Gasteiger charge is 2.12. The van der Waals surface area contributed by atoms with E-state index in [2.05, 4.69) is 15.3 Å². The molecule has 1 N–H and O–H groups in total. The molecule has 6 heteroatoms. The maximum absolute atomic E-state index is 12.5. The normalized spacial score (nSPS) is 10.6. The zero-order valence-electron chi connectivity index (χ0n) is 12.6. The summed E-state index contributed by atoms with van der Waals surface area (Å²) in [5.41, 5.74) is 3.32.